The molecule has 0 aliphatic carbocycles. The van der Waals surface area contributed by atoms with Gasteiger partial charge in [0.05, 0.1) is 18.3 Å². The number of anilines is 1. The molecule has 1 saturated heterocycles. The topological polar surface area (TPSA) is 183 Å². The second-order valence-electron chi connectivity index (χ2n) is 5.92. The first-order valence-electron chi connectivity index (χ1n) is 7.89. The number of nitrogens with zero attached hydrogens (tertiary/aromatic N) is 2. The Labute approximate surface area is 157 Å². The third-order valence-electron chi connectivity index (χ3n) is 4.03. The Morgan fingerprint density at radius 2 is 2.19 bits per heavy atom. The first-order valence-corrected chi connectivity index (χ1v) is 10.2. The molecule has 0 spiro atoms. The van der Waals surface area contributed by atoms with Gasteiger partial charge in [-0.15, -0.1) is 11.3 Å². The average molecular weight is 418 g/mol. The number of phosphoric ester groups is 1. The number of aromatic nitrogens is 2. The number of ether oxygens (including phenoxy) is 1. The van der Waals surface area contributed by atoms with Crippen LogP contribution in [0, 0.1) is 0 Å². The van der Waals surface area contributed by atoms with Crippen LogP contribution < -0.4 is 17.2 Å². The van der Waals surface area contributed by atoms with E-state index in [9.17, 15) is 14.5 Å². The van der Waals surface area contributed by atoms with Gasteiger partial charge in [0.15, 0.2) is 0 Å². The molecule has 27 heavy (non-hydrogen) atoms. The summed E-state index contributed by atoms with van der Waals surface area (Å²) in [5.41, 5.74) is 11.3. The van der Waals surface area contributed by atoms with E-state index in [4.69, 9.17) is 26.0 Å². The molecule has 7 N–H and O–H groups in total. The van der Waals surface area contributed by atoms with Gasteiger partial charge in [0.1, 0.15) is 18.1 Å². The van der Waals surface area contributed by atoms with Crippen LogP contribution in [0.2, 0.25) is 0 Å². The summed E-state index contributed by atoms with van der Waals surface area (Å²) >= 11 is 1.41. The van der Waals surface area contributed by atoms with Crippen LogP contribution in [0.4, 0.5) is 5.82 Å². The Bertz CT molecular complexity index is 926. The van der Waals surface area contributed by atoms with Crippen molar-refractivity contribution >= 4 is 25.0 Å². The molecule has 1 aliphatic heterocycles. The molecule has 3 atom stereocenters. The number of aliphatic hydroxyl groups is 1. The van der Waals surface area contributed by atoms with Gasteiger partial charge in [0.25, 0.3) is 0 Å². The lowest BCUT2D eigenvalue weighted by atomic mass is 10.2. The highest BCUT2D eigenvalue weighted by molar-refractivity contribution is 7.46. The van der Waals surface area contributed by atoms with Gasteiger partial charge in [-0.2, -0.15) is 4.98 Å². The summed E-state index contributed by atoms with van der Waals surface area (Å²) in [5, 5.41) is 10.1. The number of nitrogens with two attached hydrogens (primary N) is 2. The standard InChI is InChI=1S/C14H19N4O7PS/c15-4-7-1-2-11(27-7)8-5-18(14(20)17-13(8)16)12-3-9(19)10(25-12)6-24-26(21,22)23/h1-2,5,9-10,12,19H,3-4,6,15H2,(H2,16,17,20)(H2,21,22,23)/t9-,10+,12+/m0/s1. The molecule has 0 unspecified atom stereocenters. The first-order chi connectivity index (χ1) is 12.7. The summed E-state index contributed by atoms with van der Waals surface area (Å²) in [4.78, 5) is 35.3. The second kappa shape index (κ2) is 7.78. The summed E-state index contributed by atoms with van der Waals surface area (Å²) in [6.07, 6.45) is -1.43. The normalized spacial score (nSPS) is 23.0. The lowest BCUT2D eigenvalue weighted by Gasteiger charge is -2.17. The quantitative estimate of drug-likeness (QED) is 0.393. The molecule has 0 aromatic carbocycles. The van der Waals surface area contributed by atoms with Crippen LogP contribution in [-0.2, 0) is 20.4 Å². The summed E-state index contributed by atoms with van der Waals surface area (Å²) < 4.78 is 21.9. The summed E-state index contributed by atoms with van der Waals surface area (Å²) in [7, 11) is -4.70. The van der Waals surface area contributed by atoms with E-state index in [2.05, 4.69) is 9.51 Å². The van der Waals surface area contributed by atoms with Crippen LogP contribution in [0.25, 0.3) is 10.4 Å². The fourth-order valence-corrected chi connectivity index (χ4v) is 3.96. The number of rotatable bonds is 6. The van der Waals surface area contributed by atoms with Crippen LogP contribution in [0.5, 0.6) is 0 Å². The third-order valence-corrected chi connectivity index (χ3v) is 5.66. The number of nitrogen functional groups attached to an aromatic ring is 1. The molecular formula is C14H19N4O7PS. The first kappa shape index (κ1) is 20.1. The van der Waals surface area contributed by atoms with Crippen LogP contribution in [0.3, 0.4) is 0 Å². The Morgan fingerprint density at radius 3 is 2.81 bits per heavy atom. The number of hydrogen-bond donors (Lipinski definition) is 5. The zero-order chi connectivity index (χ0) is 19.8. The summed E-state index contributed by atoms with van der Waals surface area (Å²) in [5.74, 6) is 0.0570. The predicted molar refractivity (Wildman–Crippen MR) is 96.6 cm³/mol. The third kappa shape index (κ3) is 4.62. The number of thiophene rings is 1. The van der Waals surface area contributed by atoms with Crippen LogP contribution in [0.15, 0.2) is 23.1 Å². The van der Waals surface area contributed by atoms with Crippen molar-refractivity contribution in [2.24, 2.45) is 5.73 Å². The maximum absolute atomic E-state index is 12.2. The van der Waals surface area contributed by atoms with Crippen molar-refractivity contribution in [2.45, 2.75) is 31.4 Å². The maximum atomic E-state index is 12.2. The van der Waals surface area contributed by atoms with Crippen molar-refractivity contribution in [1.29, 1.82) is 0 Å². The van der Waals surface area contributed by atoms with E-state index < -0.39 is 38.6 Å². The van der Waals surface area contributed by atoms with Gasteiger partial charge in [0.2, 0.25) is 0 Å². The largest absolute Gasteiger partial charge is 0.469 e. The summed E-state index contributed by atoms with van der Waals surface area (Å²) in [6.45, 7) is -0.145. The minimum absolute atomic E-state index is 0.0264. The second-order valence-corrected chi connectivity index (χ2v) is 8.33. The SMILES string of the molecule is NCc1ccc(-c2cn([C@H]3C[C@H](O)[C@@H](COP(=O)(O)O)O3)c(=O)nc2N)s1. The molecule has 0 bridgehead atoms. The zero-order valence-electron chi connectivity index (χ0n) is 14.0. The molecule has 2 aromatic rings. The van der Waals surface area contributed by atoms with Crippen molar-refractivity contribution in [2.75, 3.05) is 12.3 Å². The van der Waals surface area contributed by atoms with E-state index in [1.165, 1.54) is 22.1 Å². The number of aliphatic hydroxyl groups excluding tert-OH is 1. The molecular weight excluding hydrogens is 399 g/mol. The molecule has 1 fully saturated rings. The van der Waals surface area contributed by atoms with Gasteiger partial charge in [-0.05, 0) is 12.1 Å². The molecule has 3 heterocycles. The highest BCUT2D eigenvalue weighted by atomic mass is 32.1. The van der Waals surface area contributed by atoms with Crippen LogP contribution >= 0.6 is 19.2 Å². The molecule has 1 aliphatic rings. The summed E-state index contributed by atoms with van der Waals surface area (Å²) in [6, 6.07) is 3.66. The fraction of sp³-hybridized carbons (Fsp3) is 0.429. The lowest BCUT2D eigenvalue weighted by Crippen LogP contribution is -2.29. The highest BCUT2D eigenvalue weighted by Gasteiger charge is 2.37. The van der Waals surface area contributed by atoms with E-state index >= 15 is 0 Å². The van der Waals surface area contributed by atoms with Gasteiger partial charge in [-0.3, -0.25) is 9.09 Å². The van der Waals surface area contributed by atoms with Gasteiger partial charge in [-0.25, -0.2) is 9.36 Å². The van der Waals surface area contributed by atoms with Gasteiger partial charge >= 0.3 is 13.5 Å². The van der Waals surface area contributed by atoms with Crippen molar-refractivity contribution in [1.82, 2.24) is 9.55 Å². The van der Waals surface area contributed by atoms with E-state index in [-0.39, 0.29) is 12.2 Å². The Morgan fingerprint density at radius 1 is 1.44 bits per heavy atom. The molecule has 2 aromatic heterocycles. The smallest absolute Gasteiger partial charge is 0.390 e. The van der Waals surface area contributed by atoms with Crippen molar-refractivity contribution in [3.63, 3.8) is 0 Å². The number of phosphoric acid groups is 1. The van der Waals surface area contributed by atoms with E-state index in [0.29, 0.717) is 12.1 Å². The lowest BCUT2D eigenvalue weighted by molar-refractivity contribution is -0.0449. The Kier molecular flexibility index (Phi) is 5.79. The molecule has 13 heteroatoms. The Hall–Kier alpha value is -1.63. The average Bonchev–Trinajstić information content (AvgIpc) is 3.19. The van der Waals surface area contributed by atoms with E-state index in [0.717, 1.165) is 9.75 Å². The number of hydrogen-bond acceptors (Lipinski definition) is 9. The molecule has 0 amide bonds. The van der Waals surface area contributed by atoms with Crippen LogP contribution in [0.1, 0.15) is 17.5 Å². The molecule has 148 valence electrons. The van der Waals surface area contributed by atoms with E-state index in [1.54, 1.807) is 0 Å². The minimum atomic E-state index is -4.70. The fourth-order valence-electron chi connectivity index (χ4n) is 2.72. The van der Waals surface area contributed by atoms with Crippen molar-refractivity contribution < 1.29 is 28.7 Å². The van der Waals surface area contributed by atoms with E-state index in [1.807, 2.05) is 12.1 Å². The molecule has 0 saturated carbocycles. The highest BCUT2D eigenvalue weighted by Crippen LogP contribution is 2.38. The molecule has 0 radical (unpaired) electrons. The Balaban J connectivity index is 1.85. The van der Waals surface area contributed by atoms with Gasteiger partial charge < -0.3 is 31.1 Å². The maximum Gasteiger partial charge on any atom is 0.469 e. The minimum Gasteiger partial charge on any atom is -0.390 e. The van der Waals surface area contributed by atoms with Crippen molar-refractivity contribution in [3.05, 3.63) is 33.7 Å². The molecule has 11 nitrogen and oxygen atoms in total. The van der Waals surface area contributed by atoms with Crippen LogP contribution in [-0.4, -0.2) is 43.3 Å². The zero-order valence-corrected chi connectivity index (χ0v) is 15.7. The predicted octanol–water partition coefficient (Wildman–Crippen LogP) is -0.230. The van der Waals surface area contributed by atoms with Crippen molar-refractivity contribution in [3.8, 4) is 10.4 Å². The molecule has 3 rings (SSSR count). The monoisotopic (exact) mass is 418 g/mol. The van der Waals surface area contributed by atoms with Gasteiger partial charge in [-0.1, -0.05) is 0 Å². The van der Waals surface area contributed by atoms with Gasteiger partial charge in [0, 0.05) is 28.9 Å².